The summed E-state index contributed by atoms with van der Waals surface area (Å²) in [4.78, 5) is 6.69. The molecule has 2 aromatic rings. The van der Waals surface area contributed by atoms with Crippen molar-refractivity contribution >= 4 is 5.82 Å². The van der Waals surface area contributed by atoms with E-state index in [9.17, 15) is 15.5 Å². The number of pyridine rings is 1. The molecule has 1 aromatic carbocycles. The zero-order valence-electron chi connectivity index (χ0n) is 15.1. The van der Waals surface area contributed by atoms with Crippen LogP contribution in [0.25, 0.3) is 0 Å². The van der Waals surface area contributed by atoms with Crippen molar-refractivity contribution in [3.8, 4) is 6.07 Å². The van der Waals surface area contributed by atoms with E-state index in [1.807, 2.05) is 38.1 Å². The standard InChI is InChI=1S/C21H23N3O2/c1-13-8-19(23-14(2)16(13)9-22)24-10-18(26)21(12-24)17(11-25)20(21)15-6-4-3-5-7-15/h3-8,17-18,20,25-26H,10-12H2,1-2H3/t17-,18-,20-,21-/m1/s1. The number of nitrogens with zero attached hydrogens (tertiary/aromatic N) is 3. The molecular formula is C21H23N3O2. The molecule has 1 aliphatic carbocycles. The highest BCUT2D eigenvalue weighted by molar-refractivity contribution is 5.53. The molecule has 5 nitrogen and oxygen atoms in total. The van der Waals surface area contributed by atoms with Gasteiger partial charge in [-0.25, -0.2) is 4.98 Å². The van der Waals surface area contributed by atoms with Crippen molar-refractivity contribution in [2.45, 2.75) is 25.9 Å². The third kappa shape index (κ3) is 2.33. The van der Waals surface area contributed by atoms with E-state index in [4.69, 9.17) is 0 Å². The second-order valence-corrected chi connectivity index (χ2v) is 7.56. The van der Waals surface area contributed by atoms with Crippen molar-refractivity contribution in [2.75, 3.05) is 24.6 Å². The number of nitriles is 1. The topological polar surface area (TPSA) is 80.4 Å². The molecule has 0 bridgehead atoms. The first-order chi connectivity index (χ1) is 12.5. The molecule has 4 rings (SSSR count). The Bertz CT molecular complexity index is 854. The van der Waals surface area contributed by atoms with Crippen LogP contribution in [-0.4, -0.2) is 41.0 Å². The SMILES string of the molecule is Cc1cc(N2C[C@@H](O)[C@@]3(C2)[C@H](CO)[C@H]3c2ccccc2)nc(C)c1C#N. The van der Waals surface area contributed by atoms with Crippen molar-refractivity contribution < 1.29 is 10.2 Å². The highest BCUT2D eigenvalue weighted by Crippen LogP contribution is 2.68. The zero-order valence-corrected chi connectivity index (χ0v) is 15.1. The molecule has 1 aliphatic heterocycles. The van der Waals surface area contributed by atoms with Crippen LogP contribution in [-0.2, 0) is 0 Å². The lowest BCUT2D eigenvalue weighted by molar-refractivity contribution is 0.113. The maximum absolute atomic E-state index is 10.9. The van der Waals surface area contributed by atoms with Crippen LogP contribution in [0.2, 0.25) is 0 Å². The predicted octanol–water partition coefficient (Wildman–Crippen LogP) is 2.14. The van der Waals surface area contributed by atoms with Gasteiger partial charge >= 0.3 is 0 Å². The molecule has 1 saturated carbocycles. The average Bonchev–Trinajstić information content (AvgIpc) is 3.17. The first kappa shape index (κ1) is 17.0. The van der Waals surface area contributed by atoms with Crippen molar-refractivity contribution in [1.29, 1.82) is 5.26 Å². The summed E-state index contributed by atoms with van der Waals surface area (Å²) in [6, 6.07) is 14.3. The number of benzene rings is 1. The summed E-state index contributed by atoms with van der Waals surface area (Å²) in [6.07, 6.45) is -0.511. The molecule has 1 spiro atoms. The van der Waals surface area contributed by atoms with E-state index in [2.05, 4.69) is 28.1 Å². The number of β-amino-alcohol motifs (C(OH)–C–C–N with tert-alkyl or cyclic N) is 1. The highest BCUT2D eigenvalue weighted by atomic mass is 16.3. The average molecular weight is 349 g/mol. The van der Waals surface area contributed by atoms with Gasteiger partial charge in [0.2, 0.25) is 0 Å². The fraction of sp³-hybridized carbons (Fsp3) is 0.429. The summed E-state index contributed by atoms with van der Waals surface area (Å²) in [5, 5.41) is 30.1. The molecule has 1 aromatic heterocycles. The molecule has 2 aliphatic rings. The van der Waals surface area contributed by atoms with E-state index >= 15 is 0 Å². The Balaban J connectivity index is 1.66. The molecule has 0 radical (unpaired) electrons. The lowest BCUT2D eigenvalue weighted by Crippen LogP contribution is -2.23. The monoisotopic (exact) mass is 349 g/mol. The minimum atomic E-state index is -0.511. The van der Waals surface area contributed by atoms with E-state index in [0.717, 1.165) is 11.4 Å². The van der Waals surface area contributed by atoms with Gasteiger partial charge in [-0.05, 0) is 42.9 Å². The lowest BCUT2D eigenvalue weighted by atomic mass is 9.95. The van der Waals surface area contributed by atoms with Crippen molar-refractivity contribution in [3.05, 3.63) is 58.8 Å². The Labute approximate surface area is 153 Å². The smallest absolute Gasteiger partial charge is 0.129 e. The molecule has 0 unspecified atom stereocenters. The number of hydrogen-bond donors (Lipinski definition) is 2. The van der Waals surface area contributed by atoms with Gasteiger partial charge in [0.25, 0.3) is 0 Å². The van der Waals surface area contributed by atoms with Gasteiger partial charge in [-0.1, -0.05) is 30.3 Å². The summed E-state index contributed by atoms with van der Waals surface area (Å²) in [5.74, 6) is 1.02. The molecule has 0 amide bonds. The predicted molar refractivity (Wildman–Crippen MR) is 98.8 cm³/mol. The van der Waals surface area contributed by atoms with Crippen LogP contribution >= 0.6 is 0 Å². The number of aromatic nitrogens is 1. The van der Waals surface area contributed by atoms with Gasteiger partial charge in [-0.2, -0.15) is 5.26 Å². The molecule has 2 N–H and O–H groups in total. The summed E-state index contributed by atoms with van der Waals surface area (Å²) < 4.78 is 0. The van der Waals surface area contributed by atoms with Gasteiger partial charge in [0, 0.05) is 25.1 Å². The molecule has 4 atom stereocenters. The third-order valence-corrected chi connectivity index (χ3v) is 6.22. The Morgan fingerprint density at radius 2 is 2.04 bits per heavy atom. The second-order valence-electron chi connectivity index (χ2n) is 7.56. The molecular weight excluding hydrogens is 326 g/mol. The lowest BCUT2D eigenvalue weighted by Gasteiger charge is -2.19. The van der Waals surface area contributed by atoms with Crippen molar-refractivity contribution in [2.24, 2.45) is 11.3 Å². The third-order valence-electron chi connectivity index (χ3n) is 6.22. The van der Waals surface area contributed by atoms with Crippen LogP contribution < -0.4 is 4.90 Å². The van der Waals surface area contributed by atoms with E-state index < -0.39 is 6.10 Å². The highest BCUT2D eigenvalue weighted by Gasteiger charge is 2.71. The van der Waals surface area contributed by atoms with E-state index in [-0.39, 0.29) is 23.9 Å². The maximum atomic E-state index is 10.9. The number of aliphatic hydroxyl groups excluding tert-OH is 2. The molecule has 5 heteroatoms. The van der Waals surface area contributed by atoms with Gasteiger partial charge in [-0.15, -0.1) is 0 Å². The van der Waals surface area contributed by atoms with Crippen LogP contribution in [0.5, 0.6) is 0 Å². The number of aliphatic hydroxyl groups is 2. The van der Waals surface area contributed by atoms with Crippen LogP contribution in [0.15, 0.2) is 36.4 Å². The van der Waals surface area contributed by atoms with Gasteiger partial charge in [0.15, 0.2) is 0 Å². The van der Waals surface area contributed by atoms with Crippen molar-refractivity contribution in [3.63, 3.8) is 0 Å². The largest absolute Gasteiger partial charge is 0.396 e. The van der Waals surface area contributed by atoms with Crippen molar-refractivity contribution in [1.82, 2.24) is 4.98 Å². The molecule has 26 heavy (non-hydrogen) atoms. The first-order valence-electron chi connectivity index (χ1n) is 9.00. The fourth-order valence-corrected chi connectivity index (χ4v) is 4.88. The minimum absolute atomic E-state index is 0.0606. The van der Waals surface area contributed by atoms with Gasteiger partial charge < -0.3 is 15.1 Å². The first-order valence-corrected chi connectivity index (χ1v) is 9.00. The Hall–Kier alpha value is -2.42. The summed E-state index contributed by atoms with van der Waals surface area (Å²) in [5.41, 5.74) is 3.08. The van der Waals surface area contributed by atoms with Crippen LogP contribution in [0, 0.1) is 36.5 Å². The number of anilines is 1. The number of aryl methyl sites for hydroxylation is 2. The van der Waals surface area contributed by atoms with E-state index in [1.165, 1.54) is 5.56 Å². The van der Waals surface area contributed by atoms with E-state index in [0.29, 0.717) is 24.3 Å². The Kier molecular flexibility index (Phi) is 3.98. The summed E-state index contributed by atoms with van der Waals surface area (Å²) in [7, 11) is 0. The number of rotatable bonds is 3. The summed E-state index contributed by atoms with van der Waals surface area (Å²) in [6.45, 7) is 4.99. The van der Waals surface area contributed by atoms with Gasteiger partial charge in [0.1, 0.15) is 11.9 Å². The zero-order chi connectivity index (χ0) is 18.5. The van der Waals surface area contributed by atoms with Gasteiger partial charge in [0.05, 0.1) is 17.4 Å². The Morgan fingerprint density at radius 1 is 1.31 bits per heavy atom. The number of hydrogen-bond acceptors (Lipinski definition) is 5. The Morgan fingerprint density at radius 3 is 2.65 bits per heavy atom. The van der Waals surface area contributed by atoms with E-state index in [1.54, 1.807) is 0 Å². The molecule has 2 fully saturated rings. The molecule has 134 valence electrons. The quantitative estimate of drug-likeness (QED) is 0.887. The molecule has 1 saturated heterocycles. The second kappa shape index (κ2) is 6.08. The van der Waals surface area contributed by atoms with Crippen LogP contribution in [0.4, 0.5) is 5.82 Å². The summed E-state index contributed by atoms with van der Waals surface area (Å²) >= 11 is 0. The fourth-order valence-electron chi connectivity index (χ4n) is 4.88. The van der Waals surface area contributed by atoms with Crippen LogP contribution in [0.1, 0.15) is 28.3 Å². The van der Waals surface area contributed by atoms with Crippen LogP contribution in [0.3, 0.4) is 0 Å². The normalized spacial score (nSPS) is 29.8. The minimum Gasteiger partial charge on any atom is -0.396 e. The molecule has 2 heterocycles. The maximum Gasteiger partial charge on any atom is 0.129 e. The van der Waals surface area contributed by atoms with Gasteiger partial charge in [-0.3, -0.25) is 0 Å².